The molecule has 1 aliphatic heterocycles. The number of unbranched alkanes of at least 4 members (excludes halogenated alkanes) is 1. The third-order valence-electron chi connectivity index (χ3n) is 4.59. The highest BCUT2D eigenvalue weighted by Crippen LogP contribution is 2.33. The van der Waals surface area contributed by atoms with Crippen LogP contribution in [0.4, 0.5) is 0 Å². The summed E-state index contributed by atoms with van der Waals surface area (Å²) in [6.07, 6.45) is 4.32. The van der Waals surface area contributed by atoms with Crippen LogP contribution in [0.15, 0.2) is 33.8 Å². The third kappa shape index (κ3) is 4.13. The molecule has 0 saturated carbocycles. The van der Waals surface area contributed by atoms with Crippen molar-refractivity contribution >= 4 is 54.3 Å². The van der Waals surface area contributed by atoms with Crippen LogP contribution in [0.5, 0.6) is 0 Å². The van der Waals surface area contributed by atoms with Crippen molar-refractivity contribution in [3.05, 3.63) is 34.0 Å². The van der Waals surface area contributed by atoms with Gasteiger partial charge in [-0.15, -0.1) is 0 Å². The van der Waals surface area contributed by atoms with Gasteiger partial charge in [-0.2, -0.15) is 4.31 Å². The zero-order valence-corrected chi connectivity index (χ0v) is 18.0. The Bertz CT molecular complexity index is 967. The van der Waals surface area contributed by atoms with E-state index in [1.807, 2.05) is 6.92 Å². The van der Waals surface area contributed by atoms with E-state index in [0.29, 0.717) is 31.4 Å². The molecule has 1 aliphatic rings. The van der Waals surface area contributed by atoms with Gasteiger partial charge in [-0.1, -0.05) is 31.0 Å². The molecule has 0 amide bonds. The van der Waals surface area contributed by atoms with Gasteiger partial charge in [0.05, 0.1) is 11.5 Å². The van der Waals surface area contributed by atoms with Crippen molar-refractivity contribution < 1.29 is 17.9 Å². The lowest BCUT2D eigenvalue weighted by Crippen LogP contribution is -2.41. The molecule has 1 fully saturated rings. The third-order valence-corrected chi connectivity index (χ3v) is 7.42. The van der Waals surface area contributed by atoms with Gasteiger partial charge in [-0.3, -0.25) is 4.79 Å². The van der Waals surface area contributed by atoms with E-state index in [-0.39, 0.29) is 10.0 Å². The molecule has 0 spiro atoms. The fourth-order valence-corrected chi connectivity index (χ4v) is 5.45. The smallest absolute Gasteiger partial charge is 0.324 e. The molecule has 0 aliphatic carbocycles. The molecular weight excluding hydrogens is 456 g/mol. The number of hydrogen-bond donors (Lipinski definition) is 0. The summed E-state index contributed by atoms with van der Waals surface area (Å²) in [7, 11) is -3.85. The number of aromatic nitrogens is 1. The van der Waals surface area contributed by atoms with E-state index in [1.54, 1.807) is 12.3 Å². The van der Waals surface area contributed by atoms with Crippen molar-refractivity contribution in [3.63, 3.8) is 0 Å². The zero-order valence-electron chi connectivity index (χ0n) is 14.8. The second-order valence-corrected chi connectivity index (χ2v) is 9.50. The van der Waals surface area contributed by atoms with Crippen LogP contribution in [0.25, 0.3) is 10.8 Å². The van der Waals surface area contributed by atoms with Gasteiger partial charge in [0, 0.05) is 28.0 Å². The number of rotatable bonds is 6. The van der Waals surface area contributed by atoms with Gasteiger partial charge in [-0.05, 0) is 47.3 Å². The minimum atomic E-state index is -3.85. The Balaban J connectivity index is 1.92. The van der Waals surface area contributed by atoms with Gasteiger partial charge in [0.1, 0.15) is 11.2 Å². The number of pyridine rings is 1. The molecule has 0 radical (unpaired) electrons. The summed E-state index contributed by atoms with van der Waals surface area (Å²) in [6, 6.07) is 3.93. The van der Waals surface area contributed by atoms with Crippen molar-refractivity contribution in [2.45, 2.75) is 43.5 Å². The number of carbonyl (C=O) groups excluding carboxylic acids is 1. The summed E-state index contributed by atoms with van der Waals surface area (Å²) in [5.74, 6) is -0.479. The van der Waals surface area contributed by atoms with Crippen molar-refractivity contribution in [1.29, 1.82) is 0 Å². The van der Waals surface area contributed by atoms with Crippen LogP contribution in [0.1, 0.15) is 32.6 Å². The second kappa shape index (κ2) is 8.43. The van der Waals surface area contributed by atoms with Crippen molar-refractivity contribution in [2.24, 2.45) is 0 Å². The molecule has 2 aromatic rings. The summed E-state index contributed by atoms with van der Waals surface area (Å²) in [4.78, 5) is 16.5. The molecule has 1 unspecified atom stereocenters. The Kier molecular flexibility index (Phi) is 6.40. The normalized spacial score (nSPS) is 18.1. The van der Waals surface area contributed by atoms with E-state index in [2.05, 4.69) is 20.9 Å². The highest BCUT2D eigenvalue weighted by Gasteiger charge is 2.40. The lowest BCUT2D eigenvalue weighted by Gasteiger charge is -2.23. The Morgan fingerprint density at radius 2 is 2.19 bits per heavy atom. The summed E-state index contributed by atoms with van der Waals surface area (Å²) < 4.78 is 33.5. The van der Waals surface area contributed by atoms with Crippen molar-refractivity contribution in [1.82, 2.24) is 9.29 Å². The second-order valence-electron chi connectivity index (χ2n) is 6.40. The Morgan fingerprint density at radius 1 is 1.41 bits per heavy atom. The zero-order chi connectivity index (χ0) is 19.6. The van der Waals surface area contributed by atoms with Crippen LogP contribution in [-0.4, -0.2) is 42.9 Å². The average Bonchev–Trinajstić information content (AvgIpc) is 3.15. The molecule has 9 heteroatoms. The largest absolute Gasteiger partial charge is 0.464 e. The first kappa shape index (κ1) is 20.5. The van der Waals surface area contributed by atoms with Gasteiger partial charge < -0.3 is 4.74 Å². The molecule has 1 aromatic heterocycles. The summed E-state index contributed by atoms with van der Waals surface area (Å²) in [5, 5.41) is 1.53. The summed E-state index contributed by atoms with van der Waals surface area (Å²) in [6.45, 7) is 2.60. The predicted molar refractivity (Wildman–Crippen MR) is 107 cm³/mol. The van der Waals surface area contributed by atoms with E-state index >= 15 is 0 Å². The fraction of sp³-hybridized carbons (Fsp3) is 0.444. The van der Waals surface area contributed by atoms with Gasteiger partial charge >= 0.3 is 5.97 Å². The van der Waals surface area contributed by atoms with E-state index < -0.39 is 22.0 Å². The maximum absolute atomic E-state index is 13.2. The molecular formula is C18H20BrClN2O4S. The number of fused-ring (bicyclic) bond motifs is 1. The molecule has 6 nitrogen and oxygen atoms in total. The van der Waals surface area contributed by atoms with Crippen LogP contribution in [0.3, 0.4) is 0 Å². The predicted octanol–water partition coefficient (Wildman–Crippen LogP) is 4.15. The highest BCUT2D eigenvalue weighted by atomic mass is 79.9. The molecule has 1 saturated heterocycles. The molecule has 27 heavy (non-hydrogen) atoms. The lowest BCUT2D eigenvalue weighted by atomic mass is 10.2. The van der Waals surface area contributed by atoms with Crippen LogP contribution >= 0.6 is 27.5 Å². The topological polar surface area (TPSA) is 76.6 Å². The number of esters is 1. The van der Waals surface area contributed by atoms with Crippen LogP contribution in [0, 0.1) is 0 Å². The van der Waals surface area contributed by atoms with Gasteiger partial charge in [0.25, 0.3) is 0 Å². The van der Waals surface area contributed by atoms with Gasteiger partial charge in [-0.25, -0.2) is 13.4 Å². The van der Waals surface area contributed by atoms with Crippen molar-refractivity contribution in [2.75, 3.05) is 13.2 Å². The fourth-order valence-electron chi connectivity index (χ4n) is 3.13. The first-order valence-corrected chi connectivity index (χ1v) is 11.4. The first-order valence-electron chi connectivity index (χ1n) is 8.78. The van der Waals surface area contributed by atoms with Gasteiger partial charge in [0.2, 0.25) is 10.0 Å². The molecule has 0 bridgehead atoms. The Labute approximate surface area is 172 Å². The number of sulfonamides is 1. The first-order chi connectivity index (χ1) is 12.9. The van der Waals surface area contributed by atoms with Crippen LogP contribution in [-0.2, 0) is 19.6 Å². The van der Waals surface area contributed by atoms with E-state index in [0.717, 1.165) is 22.7 Å². The molecule has 3 rings (SSSR count). The van der Waals surface area contributed by atoms with Crippen LogP contribution < -0.4 is 0 Å². The van der Waals surface area contributed by atoms with Gasteiger partial charge in [0.15, 0.2) is 0 Å². The van der Waals surface area contributed by atoms with E-state index in [4.69, 9.17) is 16.3 Å². The number of halogens is 2. The van der Waals surface area contributed by atoms with Crippen LogP contribution in [0.2, 0.25) is 5.15 Å². The molecule has 146 valence electrons. The molecule has 0 N–H and O–H groups in total. The number of hydrogen-bond acceptors (Lipinski definition) is 5. The SMILES string of the molecule is CCCCOC(=O)C1CCCN1S(=O)(=O)c1ccc2c(Br)cnc(Cl)c2c1. The van der Waals surface area contributed by atoms with E-state index in [9.17, 15) is 13.2 Å². The number of benzene rings is 1. The standard InChI is InChI=1S/C18H20BrClN2O4S/c1-2-3-9-26-18(23)16-5-4-8-22(16)27(24,25)12-6-7-13-14(10-12)17(20)21-11-15(13)19/h6-7,10-11,16H,2-5,8-9H2,1H3. The average molecular weight is 476 g/mol. The molecule has 1 aromatic carbocycles. The quantitative estimate of drug-likeness (QED) is 0.356. The maximum atomic E-state index is 13.2. The minimum absolute atomic E-state index is 0.0880. The number of carbonyl (C=O) groups is 1. The monoisotopic (exact) mass is 474 g/mol. The lowest BCUT2D eigenvalue weighted by molar-refractivity contribution is -0.147. The Hall–Kier alpha value is -1.22. The molecule has 2 heterocycles. The van der Waals surface area contributed by atoms with Crippen molar-refractivity contribution in [3.8, 4) is 0 Å². The summed E-state index contributed by atoms with van der Waals surface area (Å²) >= 11 is 9.53. The van der Waals surface area contributed by atoms with E-state index in [1.165, 1.54) is 16.4 Å². The maximum Gasteiger partial charge on any atom is 0.324 e. The highest BCUT2D eigenvalue weighted by molar-refractivity contribution is 9.10. The Morgan fingerprint density at radius 3 is 2.93 bits per heavy atom. The summed E-state index contributed by atoms with van der Waals surface area (Å²) in [5.41, 5.74) is 0. The minimum Gasteiger partial charge on any atom is -0.464 e. The number of nitrogens with zero attached hydrogens (tertiary/aromatic N) is 2. The number of ether oxygens (including phenoxy) is 1. The molecule has 1 atom stereocenters.